The molecule has 0 aromatic heterocycles. The summed E-state index contributed by atoms with van der Waals surface area (Å²) in [6.07, 6.45) is 10.0. The van der Waals surface area contributed by atoms with Crippen LogP contribution in [0.25, 0.3) is 0 Å². The van der Waals surface area contributed by atoms with Gasteiger partial charge in [-0.1, -0.05) is 77.4 Å². The van der Waals surface area contributed by atoms with E-state index in [1.54, 1.807) is 0 Å². The number of rotatable bonds is 14. The first-order valence-electron chi connectivity index (χ1n) is 12.9. The summed E-state index contributed by atoms with van der Waals surface area (Å²) < 4.78 is 0. The molecule has 0 aliphatic carbocycles. The molecule has 2 heteroatoms. The van der Waals surface area contributed by atoms with Crippen LogP contribution in [-0.2, 0) is 32.1 Å². The number of benzene rings is 2. The number of hydrogen-bond acceptors (Lipinski definition) is 2. The van der Waals surface area contributed by atoms with Crippen LogP contribution in [0.4, 0.5) is 0 Å². The van der Waals surface area contributed by atoms with Crippen LogP contribution >= 0.6 is 0 Å². The summed E-state index contributed by atoms with van der Waals surface area (Å²) in [6.45, 7) is 11.0. The second kappa shape index (κ2) is 13.4. The quantitative estimate of drug-likeness (QED) is 0.282. The van der Waals surface area contributed by atoms with Gasteiger partial charge >= 0.3 is 0 Å². The minimum absolute atomic E-state index is 0.0242. The SMILES string of the molecule is CCCCC(=N)C(=N)C(CCCc1ccc(CC)c(CC)c1)c1ccc(CC)c(CC)c1. The van der Waals surface area contributed by atoms with Crippen molar-refractivity contribution in [1.29, 1.82) is 10.8 Å². The summed E-state index contributed by atoms with van der Waals surface area (Å²) in [6, 6.07) is 13.7. The molecule has 1 unspecified atom stereocenters. The lowest BCUT2D eigenvalue weighted by Crippen LogP contribution is -2.21. The lowest BCUT2D eigenvalue weighted by Gasteiger charge is -2.21. The third-order valence-corrected chi connectivity index (χ3v) is 6.84. The van der Waals surface area contributed by atoms with Crippen molar-refractivity contribution in [1.82, 2.24) is 0 Å². The van der Waals surface area contributed by atoms with Crippen LogP contribution in [0.1, 0.15) is 106 Å². The molecule has 2 aromatic carbocycles. The van der Waals surface area contributed by atoms with Crippen LogP contribution in [0, 0.1) is 10.8 Å². The molecule has 0 fully saturated rings. The van der Waals surface area contributed by atoms with Crippen molar-refractivity contribution in [3.05, 3.63) is 69.8 Å². The molecular formula is C30H44N2. The third-order valence-electron chi connectivity index (χ3n) is 6.84. The zero-order valence-corrected chi connectivity index (χ0v) is 21.1. The lowest BCUT2D eigenvalue weighted by atomic mass is 9.83. The standard InChI is InChI=1S/C30H44N2/c1-6-11-15-29(31)30(32)28(27-19-18-24(8-3)26(10-5)21-27)14-12-13-22-16-17-23(7-2)25(9-4)20-22/h16-21,28,31-32H,6-15H2,1-5H3. The molecule has 2 aromatic rings. The second-order valence-corrected chi connectivity index (χ2v) is 8.99. The first-order chi connectivity index (χ1) is 15.5. The maximum Gasteiger partial charge on any atom is 0.0596 e. The second-order valence-electron chi connectivity index (χ2n) is 8.99. The summed E-state index contributed by atoms with van der Waals surface area (Å²) in [7, 11) is 0. The normalized spacial score (nSPS) is 12.0. The zero-order valence-electron chi connectivity index (χ0n) is 21.1. The molecular weight excluding hydrogens is 388 g/mol. The van der Waals surface area contributed by atoms with E-state index in [-0.39, 0.29) is 5.92 Å². The Balaban J connectivity index is 2.21. The van der Waals surface area contributed by atoms with E-state index in [4.69, 9.17) is 10.8 Å². The van der Waals surface area contributed by atoms with Crippen LogP contribution in [0.3, 0.4) is 0 Å². The van der Waals surface area contributed by atoms with Crippen molar-refractivity contribution in [3.63, 3.8) is 0 Å². The number of hydrogen-bond donors (Lipinski definition) is 2. The average Bonchev–Trinajstić information content (AvgIpc) is 2.84. The topological polar surface area (TPSA) is 47.7 Å². The Hall–Kier alpha value is -2.22. The summed E-state index contributed by atoms with van der Waals surface area (Å²) in [4.78, 5) is 0. The van der Waals surface area contributed by atoms with E-state index in [9.17, 15) is 0 Å². The molecule has 0 heterocycles. The van der Waals surface area contributed by atoms with E-state index in [2.05, 4.69) is 71.0 Å². The monoisotopic (exact) mass is 432 g/mol. The lowest BCUT2D eigenvalue weighted by molar-refractivity contribution is 0.695. The highest BCUT2D eigenvalue weighted by molar-refractivity contribution is 6.41. The maximum absolute atomic E-state index is 8.87. The summed E-state index contributed by atoms with van der Waals surface area (Å²) in [5, 5.41) is 17.4. The van der Waals surface area contributed by atoms with Gasteiger partial charge in [-0.05, 0) is 91.2 Å². The average molecular weight is 433 g/mol. The van der Waals surface area contributed by atoms with Crippen LogP contribution < -0.4 is 0 Å². The van der Waals surface area contributed by atoms with E-state index in [1.807, 2.05) is 0 Å². The van der Waals surface area contributed by atoms with Crippen molar-refractivity contribution in [3.8, 4) is 0 Å². The molecule has 0 saturated carbocycles. The molecule has 0 radical (unpaired) electrons. The van der Waals surface area contributed by atoms with Crippen LogP contribution in [-0.4, -0.2) is 11.4 Å². The van der Waals surface area contributed by atoms with Crippen molar-refractivity contribution < 1.29 is 0 Å². The molecule has 2 nitrogen and oxygen atoms in total. The molecule has 0 aliphatic heterocycles. The van der Waals surface area contributed by atoms with Crippen LogP contribution in [0.5, 0.6) is 0 Å². The minimum atomic E-state index is 0.0242. The molecule has 0 amide bonds. The van der Waals surface area contributed by atoms with Gasteiger partial charge in [-0.2, -0.15) is 0 Å². The van der Waals surface area contributed by atoms with Crippen LogP contribution in [0.15, 0.2) is 36.4 Å². The van der Waals surface area contributed by atoms with Crippen molar-refractivity contribution in [2.24, 2.45) is 0 Å². The predicted octanol–water partition coefficient (Wildman–Crippen LogP) is 8.27. The fourth-order valence-electron chi connectivity index (χ4n) is 4.73. The van der Waals surface area contributed by atoms with Gasteiger partial charge in [-0.3, -0.25) is 0 Å². The number of aryl methyl sites for hydroxylation is 5. The van der Waals surface area contributed by atoms with Gasteiger partial charge in [0.2, 0.25) is 0 Å². The van der Waals surface area contributed by atoms with Crippen molar-refractivity contribution >= 4 is 11.4 Å². The first kappa shape index (κ1) is 26.0. The molecule has 1 atom stereocenters. The van der Waals surface area contributed by atoms with Gasteiger partial charge in [-0.15, -0.1) is 0 Å². The molecule has 2 N–H and O–H groups in total. The predicted molar refractivity (Wildman–Crippen MR) is 141 cm³/mol. The molecule has 32 heavy (non-hydrogen) atoms. The molecule has 0 spiro atoms. The van der Waals surface area contributed by atoms with Crippen molar-refractivity contribution in [2.75, 3.05) is 0 Å². The molecule has 0 saturated heterocycles. The Morgan fingerprint density at radius 1 is 0.719 bits per heavy atom. The summed E-state index contributed by atoms with van der Waals surface area (Å²) >= 11 is 0. The van der Waals surface area contributed by atoms with Gasteiger partial charge in [0.05, 0.1) is 11.4 Å². The van der Waals surface area contributed by atoms with E-state index in [1.165, 1.54) is 33.4 Å². The smallest absolute Gasteiger partial charge is 0.0596 e. The maximum atomic E-state index is 8.87. The summed E-state index contributed by atoms with van der Waals surface area (Å²) in [5.41, 5.74) is 9.41. The first-order valence-corrected chi connectivity index (χ1v) is 12.9. The Bertz CT molecular complexity index is 894. The number of nitrogens with one attached hydrogen (secondary N) is 2. The molecule has 0 aliphatic rings. The Morgan fingerprint density at radius 2 is 1.31 bits per heavy atom. The van der Waals surface area contributed by atoms with E-state index in [0.717, 1.165) is 64.2 Å². The number of unbranched alkanes of at least 4 members (excludes halogenated alkanes) is 1. The van der Waals surface area contributed by atoms with Crippen LogP contribution in [0.2, 0.25) is 0 Å². The Labute approximate surface area is 196 Å². The molecule has 0 bridgehead atoms. The zero-order chi connectivity index (χ0) is 23.5. The Morgan fingerprint density at radius 3 is 1.91 bits per heavy atom. The van der Waals surface area contributed by atoms with E-state index in [0.29, 0.717) is 11.4 Å². The minimum Gasteiger partial charge on any atom is -0.303 e. The highest BCUT2D eigenvalue weighted by Gasteiger charge is 2.21. The van der Waals surface area contributed by atoms with Gasteiger partial charge < -0.3 is 10.8 Å². The molecule has 174 valence electrons. The van der Waals surface area contributed by atoms with E-state index < -0.39 is 0 Å². The van der Waals surface area contributed by atoms with Gasteiger partial charge in [0, 0.05) is 5.92 Å². The fourth-order valence-corrected chi connectivity index (χ4v) is 4.73. The van der Waals surface area contributed by atoms with Gasteiger partial charge in [0.15, 0.2) is 0 Å². The third kappa shape index (κ3) is 6.89. The van der Waals surface area contributed by atoms with E-state index >= 15 is 0 Å². The highest BCUT2D eigenvalue weighted by Crippen LogP contribution is 2.28. The fraction of sp³-hybridized carbons (Fsp3) is 0.533. The Kier molecular flexibility index (Phi) is 10.9. The van der Waals surface area contributed by atoms with Gasteiger partial charge in [0.25, 0.3) is 0 Å². The van der Waals surface area contributed by atoms with Gasteiger partial charge in [-0.25, -0.2) is 0 Å². The highest BCUT2D eigenvalue weighted by atomic mass is 14.5. The largest absolute Gasteiger partial charge is 0.303 e. The summed E-state index contributed by atoms with van der Waals surface area (Å²) in [5.74, 6) is 0.0242. The van der Waals surface area contributed by atoms with Gasteiger partial charge in [0.1, 0.15) is 0 Å². The molecule has 2 rings (SSSR count). The van der Waals surface area contributed by atoms with Crippen molar-refractivity contribution in [2.45, 2.75) is 105 Å².